The van der Waals surface area contributed by atoms with Crippen LogP contribution in [0.15, 0.2) is 28.4 Å². The molecule has 0 unspecified atom stereocenters. The Morgan fingerprint density at radius 3 is 3.06 bits per heavy atom. The molecule has 16 heavy (non-hydrogen) atoms. The van der Waals surface area contributed by atoms with Crippen molar-refractivity contribution in [3.8, 4) is 0 Å². The van der Waals surface area contributed by atoms with E-state index in [1.165, 1.54) is 7.11 Å². The molecule has 2 heterocycles. The number of amidine groups is 1. The van der Waals surface area contributed by atoms with E-state index in [0.717, 1.165) is 0 Å². The van der Waals surface area contributed by atoms with E-state index in [0.29, 0.717) is 10.9 Å². The lowest BCUT2D eigenvalue weighted by Crippen LogP contribution is -2.47. The quantitative estimate of drug-likeness (QED) is 0.637. The number of methoxy groups -OCH3 is 1. The van der Waals surface area contributed by atoms with Crippen molar-refractivity contribution in [2.45, 2.75) is 12.5 Å². The summed E-state index contributed by atoms with van der Waals surface area (Å²) in [6.45, 7) is 0. The third-order valence-corrected chi connectivity index (χ3v) is 2.56. The first-order valence-corrected chi connectivity index (χ1v) is 5.02. The van der Waals surface area contributed by atoms with Crippen molar-refractivity contribution in [2.24, 2.45) is 4.99 Å². The lowest BCUT2D eigenvalue weighted by Gasteiger charge is -2.32. The molecule has 5 nitrogen and oxygen atoms in total. The van der Waals surface area contributed by atoms with Crippen LogP contribution in [0, 0.1) is 0 Å². The third-order valence-electron chi connectivity index (χ3n) is 2.33. The van der Waals surface area contributed by atoms with E-state index in [4.69, 9.17) is 11.6 Å². The fourth-order valence-corrected chi connectivity index (χ4v) is 1.77. The van der Waals surface area contributed by atoms with Crippen molar-refractivity contribution in [1.82, 2.24) is 4.90 Å². The van der Waals surface area contributed by atoms with Gasteiger partial charge in [0.2, 0.25) is 5.91 Å². The van der Waals surface area contributed by atoms with Gasteiger partial charge in [-0.25, -0.2) is 4.79 Å². The Bertz CT molecular complexity index is 439. The number of hydrogen-bond donors (Lipinski definition) is 0. The van der Waals surface area contributed by atoms with Crippen LogP contribution in [-0.4, -0.2) is 35.8 Å². The normalized spacial score (nSPS) is 23.5. The SMILES string of the molecule is COC(=O)[C@H]1CC(=O)N=C2C=CC(Cl)=CN21. The van der Waals surface area contributed by atoms with Gasteiger partial charge < -0.3 is 9.64 Å². The second-order valence-corrected chi connectivity index (χ2v) is 3.80. The summed E-state index contributed by atoms with van der Waals surface area (Å²) in [6.07, 6.45) is 4.78. The minimum Gasteiger partial charge on any atom is -0.467 e. The van der Waals surface area contributed by atoms with Crippen molar-refractivity contribution < 1.29 is 14.3 Å². The highest BCUT2D eigenvalue weighted by Crippen LogP contribution is 2.22. The van der Waals surface area contributed by atoms with Gasteiger partial charge in [-0.2, -0.15) is 4.99 Å². The van der Waals surface area contributed by atoms with Gasteiger partial charge in [0.25, 0.3) is 0 Å². The average molecular weight is 241 g/mol. The van der Waals surface area contributed by atoms with Crippen LogP contribution in [0.25, 0.3) is 0 Å². The van der Waals surface area contributed by atoms with Crippen LogP contribution in [0.3, 0.4) is 0 Å². The number of hydrogen-bond acceptors (Lipinski definition) is 4. The van der Waals surface area contributed by atoms with Gasteiger partial charge in [-0.15, -0.1) is 0 Å². The summed E-state index contributed by atoms with van der Waals surface area (Å²) < 4.78 is 4.64. The molecule has 0 aromatic carbocycles. The van der Waals surface area contributed by atoms with Gasteiger partial charge in [0, 0.05) is 6.20 Å². The molecule has 0 spiro atoms. The summed E-state index contributed by atoms with van der Waals surface area (Å²) >= 11 is 5.83. The van der Waals surface area contributed by atoms with Gasteiger partial charge in [-0.3, -0.25) is 4.79 Å². The number of carbonyl (C=O) groups is 2. The molecule has 0 fully saturated rings. The number of amides is 1. The fourth-order valence-electron chi connectivity index (χ4n) is 1.60. The maximum absolute atomic E-state index is 11.5. The Morgan fingerprint density at radius 1 is 1.62 bits per heavy atom. The van der Waals surface area contributed by atoms with E-state index in [-0.39, 0.29) is 12.3 Å². The van der Waals surface area contributed by atoms with Crippen LogP contribution >= 0.6 is 11.6 Å². The molecule has 1 atom stereocenters. The lowest BCUT2D eigenvalue weighted by atomic mass is 10.1. The molecule has 2 rings (SSSR count). The minimum absolute atomic E-state index is 0.00465. The highest BCUT2D eigenvalue weighted by atomic mass is 35.5. The molecule has 0 N–H and O–H groups in total. The zero-order valence-electron chi connectivity index (χ0n) is 8.51. The number of esters is 1. The molecule has 0 aromatic rings. The first kappa shape index (κ1) is 10.9. The van der Waals surface area contributed by atoms with Crippen molar-refractivity contribution in [3.63, 3.8) is 0 Å². The Morgan fingerprint density at radius 2 is 2.38 bits per heavy atom. The van der Waals surface area contributed by atoms with Gasteiger partial charge in [0.15, 0.2) is 0 Å². The predicted octanol–water partition coefficient (Wildman–Crippen LogP) is 0.809. The van der Waals surface area contributed by atoms with Gasteiger partial charge >= 0.3 is 5.97 Å². The summed E-state index contributed by atoms with van der Waals surface area (Å²) in [4.78, 5) is 28.2. The number of halogens is 1. The van der Waals surface area contributed by atoms with E-state index >= 15 is 0 Å². The Hall–Kier alpha value is -1.62. The smallest absolute Gasteiger partial charge is 0.329 e. The monoisotopic (exact) mass is 240 g/mol. The fraction of sp³-hybridized carbons (Fsp3) is 0.300. The number of ether oxygens (including phenoxy) is 1. The van der Waals surface area contributed by atoms with Crippen LogP contribution in [-0.2, 0) is 14.3 Å². The molecule has 1 amide bonds. The van der Waals surface area contributed by atoms with E-state index in [1.807, 2.05) is 0 Å². The van der Waals surface area contributed by atoms with Crippen molar-refractivity contribution >= 4 is 29.3 Å². The second-order valence-electron chi connectivity index (χ2n) is 3.36. The maximum atomic E-state index is 11.5. The van der Waals surface area contributed by atoms with E-state index in [9.17, 15) is 9.59 Å². The van der Waals surface area contributed by atoms with Crippen molar-refractivity contribution in [1.29, 1.82) is 0 Å². The second kappa shape index (κ2) is 4.09. The molecular weight excluding hydrogens is 232 g/mol. The molecule has 2 aliphatic heterocycles. The van der Waals surface area contributed by atoms with Crippen LogP contribution in [0.2, 0.25) is 0 Å². The first-order chi connectivity index (χ1) is 7.61. The van der Waals surface area contributed by atoms with Gasteiger partial charge in [0.05, 0.1) is 18.6 Å². The summed E-state index contributed by atoms with van der Waals surface area (Å²) in [7, 11) is 1.28. The largest absolute Gasteiger partial charge is 0.467 e. The molecule has 84 valence electrons. The van der Waals surface area contributed by atoms with Gasteiger partial charge in [0.1, 0.15) is 11.9 Å². The third kappa shape index (κ3) is 1.86. The number of nitrogens with zero attached hydrogens (tertiary/aromatic N) is 2. The molecule has 0 saturated heterocycles. The summed E-state index contributed by atoms with van der Waals surface area (Å²) in [6, 6.07) is -0.677. The van der Waals surface area contributed by atoms with E-state index < -0.39 is 12.0 Å². The summed E-state index contributed by atoms with van der Waals surface area (Å²) in [5.41, 5.74) is 0. The predicted molar refractivity (Wildman–Crippen MR) is 57.8 cm³/mol. The molecule has 0 saturated carbocycles. The van der Waals surface area contributed by atoms with Gasteiger partial charge in [-0.05, 0) is 12.2 Å². The molecule has 6 heteroatoms. The lowest BCUT2D eigenvalue weighted by molar-refractivity contribution is -0.146. The zero-order chi connectivity index (χ0) is 11.7. The van der Waals surface area contributed by atoms with E-state index in [2.05, 4.69) is 9.73 Å². The van der Waals surface area contributed by atoms with Crippen LogP contribution in [0.1, 0.15) is 6.42 Å². The Balaban J connectivity index is 2.36. The average Bonchev–Trinajstić information content (AvgIpc) is 2.27. The number of aliphatic imine (C=N–C) groups is 1. The number of fused-ring (bicyclic) bond motifs is 1. The zero-order valence-corrected chi connectivity index (χ0v) is 9.27. The van der Waals surface area contributed by atoms with Gasteiger partial charge in [-0.1, -0.05) is 11.6 Å². The molecule has 0 aliphatic carbocycles. The van der Waals surface area contributed by atoms with Crippen LogP contribution in [0.4, 0.5) is 0 Å². The van der Waals surface area contributed by atoms with E-state index in [1.54, 1.807) is 23.3 Å². The maximum Gasteiger partial charge on any atom is 0.329 e. The number of rotatable bonds is 1. The number of carbonyl (C=O) groups excluding carboxylic acids is 2. The highest BCUT2D eigenvalue weighted by molar-refractivity contribution is 6.32. The van der Waals surface area contributed by atoms with Crippen LogP contribution in [0.5, 0.6) is 0 Å². The molecule has 0 radical (unpaired) electrons. The summed E-state index contributed by atoms with van der Waals surface area (Å²) in [5, 5.41) is 0.474. The van der Waals surface area contributed by atoms with Crippen molar-refractivity contribution in [2.75, 3.05) is 7.11 Å². The number of allylic oxidation sites excluding steroid dienone is 2. The highest BCUT2D eigenvalue weighted by Gasteiger charge is 2.34. The molecule has 0 aromatic heterocycles. The standard InChI is InChI=1S/C10H9ClN2O3/c1-16-10(15)7-4-9(14)12-8-3-2-6(11)5-13(7)8/h2-3,5,7H,4H2,1H3/t7-/m1/s1. The molecule has 2 aliphatic rings. The van der Waals surface area contributed by atoms with Crippen LogP contribution < -0.4 is 0 Å². The Labute approximate surface area is 97.0 Å². The first-order valence-electron chi connectivity index (χ1n) is 4.65. The summed E-state index contributed by atoms with van der Waals surface area (Å²) in [5.74, 6) is -0.398. The molecule has 0 bridgehead atoms. The topological polar surface area (TPSA) is 59.0 Å². The Kier molecular flexibility index (Phi) is 2.78. The van der Waals surface area contributed by atoms with Crippen molar-refractivity contribution in [3.05, 3.63) is 23.4 Å². The molecular formula is C10H9ClN2O3. The minimum atomic E-state index is -0.677.